The van der Waals surface area contributed by atoms with Gasteiger partial charge in [-0.3, -0.25) is 4.79 Å². The van der Waals surface area contributed by atoms with Crippen LogP contribution in [0.15, 0.2) is 17.5 Å². The molecule has 1 saturated heterocycles. The van der Waals surface area contributed by atoms with Crippen molar-refractivity contribution in [1.29, 1.82) is 0 Å². The minimum Gasteiger partial charge on any atom is -0.480 e. The predicted molar refractivity (Wildman–Crippen MR) is 76.7 cm³/mol. The fraction of sp³-hybridized carbons (Fsp3) is 0.600. The van der Waals surface area contributed by atoms with Gasteiger partial charge in [-0.2, -0.15) is 0 Å². The van der Waals surface area contributed by atoms with Gasteiger partial charge in [0.15, 0.2) is 0 Å². The number of likely N-dealkylation sites (tertiary alicyclic amines) is 1. The molecule has 1 amide bonds. The second-order valence-corrected chi connectivity index (χ2v) is 6.79. The van der Waals surface area contributed by atoms with E-state index in [1.54, 1.807) is 16.2 Å². The number of carboxylic acids is 1. The third-order valence-corrected chi connectivity index (χ3v) is 5.44. The number of hydrogen-bond acceptors (Lipinski definition) is 3. The number of aliphatic carboxylic acids is 1. The second kappa shape index (κ2) is 5.56. The molecular formula is C15H19NO3S. The average Bonchev–Trinajstić information content (AvgIpc) is 3.04. The molecule has 1 aliphatic carbocycles. The summed E-state index contributed by atoms with van der Waals surface area (Å²) in [5.74, 6) is -0.481. The average molecular weight is 293 g/mol. The van der Waals surface area contributed by atoms with Crippen molar-refractivity contribution in [2.24, 2.45) is 5.92 Å². The Morgan fingerprint density at radius 2 is 2.15 bits per heavy atom. The van der Waals surface area contributed by atoms with Crippen LogP contribution in [0.2, 0.25) is 0 Å². The van der Waals surface area contributed by atoms with Crippen molar-refractivity contribution in [3.63, 3.8) is 0 Å². The molecule has 0 bridgehead atoms. The molecule has 2 heterocycles. The van der Waals surface area contributed by atoms with E-state index < -0.39 is 12.0 Å². The van der Waals surface area contributed by atoms with Crippen molar-refractivity contribution in [3.8, 4) is 0 Å². The van der Waals surface area contributed by atoms with Crippen LogP contribution in [0.25, 0.3) is 0 Å². The Bertz CT molecular complexity index is 499. The number of rotatable bonds is 3. The number of amides is 1. The number of carboxylic acid groups (broad SMARTS) is 1. The zero-order valence-electron chi connectivity index (χ0n) is 11.3. The monoisotopic (exact) mass is 293 g/mol. The summed E-state index contributed by atoms with van der Waals surface area (Å²) in [6.45, 7) is 0. The first-order chi connectivity index (χ1) is 9.66. The fourth-order valence-corrected chi connectivity index (χ4v) is 4.39. The Morgan fingerprint density at radius 1 is 1.35 bits per heavy atom. The lowest BCUT2D eigenvalue weighted by atomic mass is 9.84. The Kier molecular flexibility index (Phi) is 3.78. The lowest BCUT2D eigenvalue weighted by molar-refractivity contribution is -0.149. The minimum atomic E-state index is -0.848. The lowest BCUT2D eigenvalue weighted by Gasteiger charge is -2.33. The highest BCUT2D eigenvalue weighted by atomic mass is 32.1. The molecule has 1 N–H and O–H groups in total. The molecule has 3 rings (SSSR count). The van der Waals surface area contributed by atoms with Gasteiger partial charge in [0.1, 0.15) is 6.04 Å². The standard InChI is InChI=1S/C15H19NO3S/c17-14(9-11-5-3-7-20-11)16-12-6-2-1-4-10(12)8-13(16)15(18)19/h3,5,7,10,12-13H,1-2,4,6,8-9H2,(H,18,19)/t10-,12+,13+/m1/s1. The van der Waals surface area contributed by atoms with E-state index in [1.165, 1.54) is 6.42 Å². The van der Waals surface area contributed by atoms with Crippen molar-refractivity contribution >= 4 is 23.2 Å². The number of fused-ring (bicyclic) bond motifs is 1. The topological polar surface area (TPSA) is 57.6 Å². The molecule has 108 valence electrons. The molecule has 2 aliphatic rings. The van der Waals surface area contributed by atoms with Crippen molar-refractivity contribution < 1.29 is 14.7 Å². The molecule has 2 fully saturated rings. The summed E-state index contributed by atoms with van der Waals surface area (Å²) in [4.78, 5) is 26.7. The van der Waals surface area contributed by atoms with Crippen LogP contribution in [0.5, 0.6) is 0 Å². The Labute approximate surface area is 122 Å². The van der Waals surface area contributed by atoms with Gasteiger partial charge >= 0.3 is 5.97 Å². The maximum atomic E-state index is 12.6. The highest BCUT2D eigenvalue weighted by Gasteiger charge is 2.47. The number of thiophene rings is 1. The van der Waals surface area contributed by atoms with Crippen LogP contribution in [0, 0.1) is 5.92 Å². The number of carbonyl (C=O) groups excluding carboxylic acids is 1. The van der Waals surface area contributed by atoms with Crippen molar-refractivity contribution in [2.45, 2.75) is 50.6 Å². The van der Waals surface area contributed by atoms with Crippen LogP contribution in [0.1, 0.15) is 37.0 Å². The fourth-order valence-electron chi connectivity index (χ4n) is 3.69. The van der Waals surface area contributed by atoms with Crippen LogP contribution in [0.4, 0.5) is 0 Å². The zero-order valence-corrected chi connectivity index (χ0v) is 12.1. The molecule has 1 aliphatic heterocycles. The van der Waals surface area contributed by atoms with Gasteiger partial charge in [0.05, 0.1) is 6.42 Å². The van der Waals surface area contributed by atoms with E-state index in [4.69, 9.17) is 0 Å². The molecule has 4 nitrogen and oxygen atoms in total. The maximum absolute atomic E-state index is 12.6. The summed E-state index contributed by atoms with van der Waals surface area (Å²) >= 11 is 1.55. The van der Waals surface area contributed by atoms with E-state index in [9.17, 15) is 14.7 Å². The van der Waals surface area contributed by atoms with E-state index in [0.717, 1.165) is 24.1 Å². The second-order valence-electron chi connectivity index (χ2n) is 5.76. The van der Waals surface area contributed by atoms with Gasteiger partial charge in [-0.15, -0.1) is 11.3 Å². The normalized spacial score (nSPS) is 29.2. The number of carbonyl (C=O) groups is 2. The molecule has 0 unspecified atom stereocenters. The molecular weight excluding hydrogens is 274 g/mol. The van der Waals surface area contributed by atoms with Crippen molar-refractivity contribution in [2.75, 3.05) is 0 Å². The summed E-state index contributed by atoms with van der Waals surface area (Å²) in [5, 5.41) is 11.4. The van der Waals surface area contributed by atoms with Crippen LogP contribution in [-0.4, -0.2) is 34.0 Å². The van der Waals surface area contributed by atoms with Gasteiger partial charge in [0.2, 0.25) is 5.91 Å². The molecule has 0 radical (unpaired) electrons. The zero-order chi connectivity index (χ0) is 14.1. The Morgan fingerprint density at radius 3 is 2.85 bits per heavy atom. The van der Waals surface area contributed by atoms with E-state index in [2.05, 4.69) is 0 Å². The quantitative estimate of drug-likeness (QED) is 0.931. The molecule has 0 spiro atoms. The van der Waals surface area contributed by atoms with Gasteiger partial charge in [-0.25, -0.2) is 4.79 Å². The number of nitrogens with zero attached hydrogens (tertiary/aromatic N) is 1. The summed E-state index contributed by atoms with van der Waals surface area (Å²) < 4.78 is 0. The van der Waals surface area contributed by atoms with E-state index in [-0.39, 0.29) is 11.9 Å². The predicted octanol–water partition coefficient (Wildman–Crippen LogP) is 2.53. The molecule has 20 heavy (non-hydrogen) atoms. The largest absolute Gasteiger partial charge is 0.480 e. The van der Waals surface area contributed by atoms with Gasteiger partial charge in [-0.05, 0) is 36.6 Å². The molecule has 3 atom stereocenters. The van der Waals surface area contributed by atoms with Crippen LogP contribution >= 0.6 is 11.3 Å². The SMILES string of the molecule is O=C(O)[C@@H]1C[C@H]2CCCC[C@@H]2N1C(=O)Cc1cccs1. The highest BCUT2D eigenvalue weighted by Crippen LogP contribution is 2.40. The van der Waals surface area contributed by atoms with E-state index >= 15 is 0 Å². The molecule has 5 heteroatoms. The first-order valence-corrected chi connectivity index (χ1v) is 8.11. The van der Waals surface area contributed by atoms with E-state index in [0.29, 0.717) is 18.8 Å². The van der Waals surface area contributed by atoms with Crippen LogP contribution < -0.4 is 0 Å². The van der Waals surface area contributed by atoms with E-state index in [1.807, 2.05) is 17.5 Å². The summed E-state index contributed by atoms with van der Waals surface area (Å²) in [6.07, 6.45) is 5.28. The summed E-state index contributed by atoms with van der Waals surface area (Å²) in [6, 6.07) is 3.40. The van der Waals surface area contributed by atoms with Gasteiger partial charge in [0, 0.05) is 10.9 Å². The van der Waals surface area contributed by atoms with Gasteiger partial charge in [-0.1, -0.05) is 18.9 Å². The van der Waals surface area contributed by atoms with Gasteiger partial charge < -0.3 is 10.0 Å². The van der Waals surface area contributed by atoms with Crippen molar-refractivity contribution in [3.05, 3.63) is 22.4 Å². The number of hydrogen-bond donors (Lipinski definition) is 1. The molecule has 1 aromatic rings. The third-order valence-electron chi connectivity index (χ3n) is 4.57. The Hall–Kier alpha value is -1.36. The Balaban J connectivity index is 1.79. The van der Waals surface area contributed by atoms with Gasteiger partial charge in [0.25, 0.3) is 0 Å². The molecule has 0 aromatic carbocycles. The summed E-state index contributed by atoms with van der Waals surface area (Å²) in [7, 11) is 0. The highest BCUT2D eigenvalue weighted by molar-refractivity contribution is 7.10. The first kappa shape index (κ1) is 13.6. The lowest BCUT2D eigenvalue weighted by Crippen LogP contribution is -2.46. The van der Waals surface area contributed by atoms with Crippen molar-refractivity contribution in [1.82, 2.24) is 4.90 Å². The maximum Gasteiger partial charge on any atom is 0.326 e. The van der Waals surface area contributed by atoms with Crippen LogP contribution in [-0.2, 0) is 16.0 Å². The smallest absolute Gasteiger partial charge is 0.326 e. The minimum absolute atomic E-state index is 0.0192. The summed E-state index contributed by atoms with van der Waals surface area (Å²) in [5.41, 5.74) is 0. The first-order valence-electron chi connectivity index (χ1n) is 7.23. The molecule has 1 aromatic heterocycles. The third kappa shape index (κ3) is 2.46. The molecule has 1 saturated carbocycles. The van der Waals surface area contributed by atoms with Crippen LogP contribution in [0.3, 0.4) is 0 Å².